The smallest absolute Gasteiger partial charge is 0.339 e. The van der Waals surface area contributed by atoms with Crippen LogP contribution in [0.2, 0.25) is 0 Å². The molecule has 0 spiro atoms. The molecule has 0 atom stereocenters. The van der Waals surface area contributed by atoms with Gasteiger partial charge in [-0.1, -0.05) is 0 Å². The lowest BCUT2D eigenvalue weighted by Crippen LogP contribution is -1.99. The lowest BCUT2D eigenvalue weighted by atomic mass is 10.3. The van der Waals surface area contributed by atoms with E-state index in [0.717, 1.165) is 0 Å². The Morgan fingerprint density at radius 3 is 2.87 bits per heavy atom. The molecule has 0 aromatic carbocycles. The average molecular weight is 204 g/mol. The van der Waals surface area contributed by atoms with Gasteiger partial charge in [-0.15, -0.1) is 5.10 Å². The van der Waals surface area contributed by atoms with Crippen molar-refractivity contribution in [3.8, 4) is 5.82 Å². The van der Waals surface area contributed by atoms with Crippen molar-refractivity contribution in [2.75, 3.05) is 0 Å². The number of hydrogen-bond donors (Lipinski definition) is 1. The Kier molecular flexibility index (Phi) is 2.17. The molecule has 0 saturated carbocycles. The van der Waals surface area contributed by atoms with Gasteiger partial charge in [-0.05, 0) is 19.1 Å². The number of aromatic carboxylic acids is 1. The summed E-state index contributed by atoms with van der Waals surface area (Å²) in [5.74, 6) is -0.504. The van der Waals surface area contributed by atoms with Crippen LogP contribution in [0, 0.1) is 6.92 Å². The second-order valence-electron chi connectivity index (χ2n) is 2.96. The fourth-order valence-electron chi connectivity index (χ4n) is 1.20. The van der Waals surface area contributed by atoms with Crippen molar-refractivity contribution in [2.45, 2.75) is 6.92 Å². The van der Waals surface area contributed by atoms with Crippen molar-refractivity contribution in [3.63, 3.8) is 0 Å². The first-order chi connectivity index (χ1) is 7.18. The summed E-state index contributed by atoms with van der Waals surface area (Å²) in [4.78, 5) is 10.8. The molecule has 0 aliphatic carbocycles. The zero-order valence-electron chi connectivity index (χ0n) is 7.95. The van der Waals surface area contributed by atoms with E-state index in [-0.39, 0.29) is 5.56 Å². The molecule has 76 valence electrons. The standard InChI is InChI=1S/C9H8N4O2/c1-6-7(9(14)15)5-13(12-6)8-3-2-4-10-11-8/h2-5H,1H3,(H,14,15). The Morgan fingerprint density at radius 2 is 2.33 bits per heavy atom. The second kappa shape index (κ2) is 3.49. The van der Waals surface area contributed by atoms with Gasteiger partial charge in [0, 0.05) is 12.4 Å². The maximum atomic E-state index is 10.8. The average Bonchev–Trinajstić information content (AvgIpc) is 2.62. The normalized spacial score (nSPS) is 10.2. The van der Waals surface area contributed by atoms with Gasteiger partial charge >= 0.3 is 5.97 Å². The Labute approximate surface area is 85.2 Å². The van der Waals surface area contributed by atoms with Gasteiger partial charge < -0.3 is 5.11 Å². The molecule has 2 heterocycles. The minimum absolute atomic E-state index is 0.167. The predicted octanol–water partition coefficient (Wildman–Crippen LogP) is 0.669. The van der Waals surface area contributed by atoms with E-state index in [1.54, 1.807) is 19.1 Å². The first kappa shape index (κ1) is 9.32. The van der Waals surface area contributed by atoms with Crippen molar-refractivity contribution >= 4 is 5.97 Å². The number of aryl methyl sites for hydroxylation is 1. The maximum absolute atomic E-state index is 10.8. The van der Waals surface area contributed by atoms with Crippen molar-refractivity contribution in [3.05, 3.63) is 35.8 Å². The quantitative estimate of drug-likeness (QED) is 0.777. The summed E-state index contributed by atoms with van der Waals surface area (Å²) in [6, 6.07) is 3.41. The van der Waals surface area contributed by atoms with Gasteiger partial charge in [0.25, 0.3) is 0 Å². The Balaban J connectivity index is 2.48. The number of hydrogen-bond acceptors (Lipinski definition) is 4. The fourth-order valence-corrected chi connectivity index (χ4v) is 1.20. The number of carboxylic acid groups (broad SMARTS) is 1. The first-order valence-electron chi connectivity index (χ1n) is 4.26. The van der Waals surface area contributed by atoms with Gasteiger partial charge in [-0.3, -0.25) is 0 Å². The van der Waals surface area contributed by atoms with Gasteiger partial charge in [-0.25, -0.2) is 9.48 Å². The maximum Gasteiger partial charge on any atom is 0.339 e. The Morgan fingerprint density at radius 1 is 1.53 bits per heavy atom. The summed E-state index contributed by atoms with van der Waals surface area (Å²) in [7, 11) is 0. The number of rotatable bonds is 2. The minimum Gasteiger partial charge on any atom is -0.478 e. The van der Waals surface area contributed by atoms with Crippen LogP contribution in [0.5, 0.6) is 0 Å². The molecule has 0 aliphatic rings. The van der Waals surface area contributed by atoms with Crippen LogP contribution in [0.25, 0.3) is 5.82 Å². The molecule has 0 bridgehead atoms. The third kappa shape index (κ3) is 1.69. The molecular weight excluding hydrogens is 196 g/mol. The van der Waals surface area contributed by atoms with Gasteiger partial charge in [-0.2, -0.15) is 10.2 Å². The van der Waals surface area contributed by atoms with E-state index in [9.17, 15) is 4.79 Å². The predicted molar refractivity (Wildman–Crippen MR) is 50.9 cm³/mol. The molecule has 0 aliphatic heterocycles. The van der Waals surface area contributed by atoms with Crippen LogP contribution in [0.4, 0.5) is 0 Å². The van der Waals surface area contributed by atoms with Crippen LogP contribution >= 0.6 is 0 Å². The summed E-state index contributed by atoms with van der Waals surface area (Å²) in [5, 5.41) is 20.4. The van der Waals surface area contributed by atoms with Crippen LogP contribution in [0.15, 0.2) is 24.5 Å². The fraction of sp³-hybridized carbons (Fsp3) is 0.111. The molecule has 1 N–H and O–H groups in total. The van der Waals surface area contributed by atoms with E-state index in [1.165, 1.54) is 17.1 Å². The molecule has 2 aromatic heterocycles. The molecule has 2 rings (SSSR count). The van der Waals surface area contributed by atoms with E-state index >= 15 is 0 Å². The second-order valence-corrected chi connectivity index (χ2v) is 2.96. The molecule has 2 aromatic rings. The molecule has 15 heavy (non-hydrogen) atoms. The van der Waals surface area contributed by atoms with E-state index in [0.29, 0.717) is 11.5 Å². The summed E-state index contributed by atoms with van der Waals surface area (Å²) < 4.78 is 1.39. The highest BCUT2D eigenvalue weighted by Crippen LogP contribution is 2.08. The SMILES string of the molecule is Cc1nn(-c2cccnn2)cc1C(=O)O. The summed E-state index contributed by atoms with van der Waals surface area (Å²) in [6.45, 7) is 1.64. The highest BCUT2D eigenvalue weighted by molar-refractivity contribution is 5.88. The van der Waals surface area contributed by atoms with Crippen LogP contribution < -0.4 is 0 Å². The third-order valence-corrected chi connectivity index (χ3v) is 1.92. The molecule has 6 nitrogen and oxygen atoms in total. The largest absolute Gasteiger partial charge is 0.478 e. The van der Waals surface area contributed by atoms with Gasteiger partial charge in [0.2, 0.25) is 0 Å². The monoisotopic (exact) mass is 204 g/mol. The molecule has 0 unspecified atom stereocenters. The zero-order valence-corrected chi connectivity index (χ0v) is 7.95. The number of aromatic nitrogens is 4. The van der Waals surface area contributed by atoms with Crippen LogP contribution in [0.3, 0.4) is 0 Å². The number of carbonyl (C=O) groups is 1. The number of carboxylic acids is 1. The molecular formula is C9H8N4O2. The first-order valence-corrected chi connectivity index (χ1v) is 4.26. The van der Waals surface area contributed by atoms with Gasteiger partial charge in [0.15, 0.2) is 5.82 Å². The Hall–Kier alpha value is -2.24. The lowest BCUT2D eigenvalue weighted by Gasteiger charge is -1.95. The summed E-state index contributed by atoms with van der Waals surface area (Å²) >= 11 is 0. The Bertz CT molecular complexity index is 492. The van der Waals surface area contributed by atoms with E-state index in [4.69, 9.17) is 5.11 Å². The summed E-state index contributed by atoms with van der Waals surface area (Å²) in [5.41, 5.74) is 0.619. The third-order valence-electron chi connectivity index (χ3n) is 1.92. The van der Waals surface area contributed by atoms with Crippen LogP contribution in [-0.2, 0) is 0 Å². The van der Waals surface area contributed by atoms with E-state index in [2.05, 4.69) is 15.3 Å². The van der Waals surface area contributed by atoms with Crippen molar-refractivity contribution in [1.29, 1.82) is 0 Å². The van der Waals surface area contributed by atoms with Crippen LogP contribution in [-0.4, -0.2) is 31.1 Å². The topological polar surface area (TPSA) is 80.9 Å². The van der Waals surface area contributed by atoms with Gasteiger partial charge in [0.05, 0.1) is 5.69 Å². The zero-order chi connectivity index (χ0) is 10.8. The number of nitrogens with zero attached hydrogens (tertiary/aromatic N) is 4. The van der Waals surface area contributed by atoms with E-state index in [1.807, 2.05) is 0 Å². The molecule has 0 amide bonds. The molecule has 0 saturated heterocycles. The summed E-state index contributed by atoms with van der Waals surface area (Å²) in [6.07, 6.45) is 2.96. The molecule has 6 heteroatoms. The van der Waals surface area contributed by atoms with E-state index < -0.39 is 5.97 Å². The molecule has 0 radical (unpaired) electrons. The highest BCUT2D eigenvalue weighted by atomic mass is 16.4. The van der Waals surface area contributed by atoms with Crippen molar-refractivity contribution < 1.29 is 9.90 Å². The van der Waals surface area contributed by atoms with Crippen molar-refractivity contribution in [2.24, 2.45) is 0 Å². The highest BCUT2D eigenvalue weighted by Gasteiger charge is 2.12. The van der Waals surface area contributed by atoms with Crippen LogP contribution in [0.1, 0.15) is 16.1 Å². The lowest BCUT2D eigenvalue weighted by molar-refractivity contribution is 0.0696. The van der Waals surface area contributed by atoms with Crippen molar-refractivity contribution in [1.82, 2.24) is 20.0 Å². The molecule has 0 fully saturated rings. The van der Waals surface area contributed by atoms with Gasteiger partial charge in [0.1, 0.15) is 5.56 Å². The minimum atomic E-state index is -0.998.